The van der Waals surface area contributed by atoms with Crippen molar-refractivity contribution in [1.82, 2.24) is 19.9 Å². The molecule has 12 nitrogen and oxygen atoms in total. The van der Waals surface area contributed by atoms with Crippen LogP contribution >= 0.6 is 23.2 Å². The third-order valence-electron chi connectivity index (χ3n) is 6.55. The van der Waals surface area contributed by atoms with Crippen LogP contribution in [0.25, 0.3) is 0 Å². The van der Waals surface area contributed by atoms with Crippen molar-refractivity contribution >= 4 is 62.5 Å². The van der Waals surface area contributed by atoms with Gasteiger partial charge in [0.1, 0.15) is 10.9 Å². The Labute approximate surface area is 252 Å². The number of carbonyl (C=O) groups is 3. The van der Waals surface area contributed by atoms with Crippen molar-refractivity contribution in [2.24, 2.45) is 0 Å². The maximum Gasteiger partial charge on any atom is 0.326 e. The van der Waals surface area contributed by atoms with Gasteiger partial charge in [0.2, 0.25) is 10.0 Å². The van der Waals surface area contributed by atoms with Crippen molar-refractivity contribution in [3.8, 4) is 0 Å². The number of urea groups is 1. The number of rotatable bonds is 9. The summed E-state index contributed by atoms with van der Waals surface area (Å²) in [5.74, 6) is -1.82. The molecule has 1 aromatic heterocycles. The number of piperazine rings is 1. The number of carbonyl (C=O) groups excluding carboxylic acids is 2. The van der Waals surface area contributed by atoms with Gasteiger partial charge in [-0.3, -0.25) is 14.7 Å². The molecule has 1 fully saturated rings. The van der Waals surface area contributed by atoms with Gasteiger partial charge in [-0.25, -0.2) is 18.0 Å². The summed E-state index contributed by atoms with van der Waals surface area (Å²) in [6.45, 7) is 1.61. The van der Waals surface area contributed by atoms with E-state index in [0.717, 1.165) is 4.90 Å². The van der Waals surface area contributed by atoms with E-state index in [-0.39, 0.29) is 32.6 Å². The molecule has 2 aromatic carbocycles. The predicted octanol–water partition coefficient (Wildman–Crippen LogP) is 3.08. The standard InChI is InChI=1S/C27H28Cl2N6O6S/c1-34(22-4-2-3-5-23(22)42(40,41)35-12-10-30-11-13-35)27(39)33-21(26(37)38)14-17-6-8-18(9-7-17)32-25(36)24-19(28)15-31-16-20(24)29/h2-9,15-16,21,30H,10-14H2,1H3,(H,32,36)(H,33,39)(H,37,38). The minimum Gasteiger partial charge on any atom is -0.480 e. The number of aromatic nitrogens is 1. The van der Waals surface area contributed by atoms with E-state index in [9.17, 15) is 27.9 Å². The number of carboxylic acid groups (broad SMARTS) is 1. The Hall–Kier alpha value is -3.75. The fraction of sp³-hybridized carbons (Fsp3) is 0.259. The van der Waals surface area contributed by atoms with E-state index in [1.807, 2.05) is 0 Å². The van der Waals surface area contributed by atoms with Gasteiger partial charge >= 0.3 is 12.0 Å². The van der Waals surface area contributed by atoms with Crippen LogP contribution in [0.4, 0.5) is 16.2 Å². The van der Waals surface area contributed by atoms with Crippen LogP contribution in [0.1, 0.15) is 15.9 Å². The first-order chi connectivity index (χ1) is 20.0. The molecule has 4 N–H and O–H groups in total. The zero-order valence-electron chi connectivity index (χ0n) is 22.4. The number of halogens is 2. The van der Waals surface area contributed by atoms with Gasteiger partial charge < -0.3 is 21.1 Å². The summed E-state index contributed by atoms with van der Waals surface area (Å²) >= 11 is 12.1. The Balaban J connectivity index is 1.44. The van der Waals surface area contributed by atoms with Gasteiger partial charge in [0.25, 0.3) is 5.91 Å². The highest BCUT2D eigenvalue weighted by molar-refractivity contribution is 7.89. The van der Waals surface area contributed by atoms with Crippen molar-refractivity contribution in [3.63, 3.8) is 0 Å². The molecule has 1 atom stereocenters. The highest BCUT2D eigenvalue weighted by Crippen LogP contribution is 2.28. The molecule has 15 heteroatoms. The number of para-hydroxylation sites is 1. The van der Waals surface area contributed by atoms with Crippen LogP contribution in [-0.2, 0) is 21.2 Å². The molecule has 222 valence electrons. The molecule has 2 heterocycles. The summed E-state index contributed by atoms with van der Waals surface area (Å²) in [6, 6.07) is 10.3. The summed E-state index contributed by atoms with van der Waals surface area (Å²) in [4.78, 5) is 42.6. The lowest BCUT2D eigenvalue weighted by atomic mass is 10.1. The second kappa shape index (κ2) is 13.5. The van der Waals surface area contributed by atoms with E-state index in [1.165, 1.54) is 35.9 Å². The number of benzene rings is 2. The molecule has 0 bridgehead atoms. The molecule has 1 aliphatic rings. The molecule has 1 aliphatic heterocycles. The van der Waals surface area contributed by atoms with E-state index in [4.69, 9.17) is 23.2 Å². The maximum atomic E-state index is 13.3. The van der Waals surface area contributed by atoms with Gasteiger partial charge in [-0.2, -0.15) is 4.31 Å². The summed E-state index contributed by atoms with van der Waals surface area (Å²) in [7, 11) is -2.52. The number of aliphatic carboxylic acids is 1. The average molecular weight is 636 g/mol. The number of nitrogens with one attached hydrogen (secondary N) is 3. The van der Waals surface area contributed by atoms with Crippen LogP contribution in [0.2, 0.25) is 10.0 Å². The zero-order chi connectivity index (χ0) is 30.4. The number of pyridine rings is 1. The third-order valence-corrected chi connectivity index (χ3v) is 9.07. The van der Waals surface area contributed by atoms with Gasteiger partial charge in [0.05, 0.1) is 21.3 Å². The predicted molar refractivity (Wildman–Crippen MR) is 159 cm³/mol. The molecule has 1 unspecified atom stereocenters. The Morgan fingerprint density at radius 1 is 1.05 bits per heavy atom. The van der Waals surface area contributed by atoms with E-state index < -0.39 is 34.0 Å². The zero-order valence-corrected chi connectivity index (χ0v) is 24.7. The van der Waals surface area contributed by atoms with Crippen molar-refractivity contribution in [3.05, 3.63) is 82.1 Å². The number of carboxylic acids is 1. The lowest BCUT2D eigenvalue weighted by molar-refractivity contribution is -0.139. The Bertz CT molecular complexity index is 1560. The van der Waals surface area contributed by atoms with Crippen molar-refractivity contribution in [2.75, 3.05) is 43.4 Å². The molecule has 0 radical (unpaired) electrons. The molecule has 3 aromatic rings. The van der Waals surface area contributed by atoms with Crippen molar-refractivity contribution in [2.45, 2.75) is 17.4 Å². The quantitative estimate of drug-likeness (QED) is 0.279. The molecule has 4 rings (SSSR count). The van der Waals surface area contributed by atoms with Gasteiger partial charge in [-0.05, 0) is 29.8 Å². The minimum absolute atomic E-state index is 0.0524. The molecular formula is C27H28Cl2N6O6S. The van der Waals surface area contributed by atoms with E-state index in [1.54, 1.807) is 36.4 Å². The second-order valence-corrected chi connectivity index (χ2v) is 12.1. The van der Waals surface area contributed by atoms with Crippen molar-refractivity contribution < 1.29 is 27.9 Å². The molecule has 0 saturated carbocycles. The fourth-order valence-corrected chi connectivity index (χ4v) is 6.51. The Kier molecular flexibility index (Phi) is 10.0. The largest absolute Gasteiger partial charge is 0.480 e. The van der Waals surface area contributed by atoms with E-state index >= 15 is 0 Å². The van der Waals surface area contributed by atoms with Crippen LogP contribution < -0.4 is 20.9 Å². The first-order valence-electron chi connectivity index (χ1n) is 12.7. The molecule has 0 spiro atoms. The van der Waals surface area contributed by atoms with Gasteiger partial charge in [0.15, 0.2) is 0 Å². The smallest absolute Gasteiger partial charge is 0.326 e. The lowest BCUT2D eigenvalue weighted by Crippen LogP contribution is -2.49. The normalized spacial score (nSPS) is 14.5. The second-order valence-electron chi connectivity index (χ2n) is 9.35. The Morgan fingerprint density at radius 2 is 1.67 bits per heavy atom. The summed E-state index contributed by atoms with van der Waals surface area (Å²) in [5, 5.41) is 18.2. The maximum absolute atomic E-state index is 13.3. The number of nitrogens with zero attached hydrogens (tertiary/aromatic N) is 3. The average Bonchev–Trinajstić information content (AvgIpc) is 2.97. The van der Waals surface area contributed by atoms with Crippen LogP contribution in [0.3, 0.4) is 0 Å². The summed E-state index contributed by atoms with van der Waals surface area (Å²) < 4.78 is 28.0. The lowest BCUT2D eigenvalue weighted by Gasteiger charge is -2.29. The molecular weight excluding hydrogens is 607 g/mol. The van der Waals surface area contributed by atoms with E-state index in [2.05, 4.69) is 20.9 Å². The monoisotopic (exact) mass is 634 g/mol. The van der Waals surface area contributed by atoms with Crippen LogP contribution in [0.15, 0.2) is 65.8 Å². The Morgan fingerprint density at radius 3 is 2.29 bits per heavy atom. The first kappa shape index (κ1) is 31.2. The number of sulfonamides is 1. The number of hydrogen-bond acceptors (Lipinski definition) is 7. The fourth-order valence-electron chi connectivity index (χ4n) is 4.31. The SMILES string of the molecule is CN(C(=O)NC(Cc1ccc(NC(=O)c2c(Cl)cncc2Cl)cc1)C(=O)O)c1ccccc1S(=O)(=O)N1CCNCC1. The highest BCUT2D eigenvalue weighted by Gasteiger charge is 2.31. The van der Waals surface area contributed by atoms with Crippen LogP contribution in [-0.4, -0.2) is 80.0 Å². The summed E-state index contributed by atoms with van der Waals surface area (Å²) in [5.41, 5.74) is 1.15. The van der Waals surface area contributed by atoms with Crippen LogP contribution in [0.5, 0.6) is 0 Å². The van der Waals surface area contributed by atoms with Gasteiger partial charge in [0, 0.05) is 57.7 Å². The molecule has 0 aliphatic carbocycles. The first-order valence-corrected chi connectivity index (χ1v) is 14.9. The topological polar surface area (TPSA) is 161 Å². The number of hydrogen-bond donors (Lipinski definition) is 4. The van der Waals surface area contributed by atoms with Crippen molar-refractivity contribution in [1.29, 1.82) is 0 Å². The van der Waals surface area contributed by atoms with Gasteiger partial charge in [-0.15, -0.1) is 0 Å². The molecule has 42 heavy (non-hydrogen) atoms. The number of anilines is 2. The van der Waals surface area contributed by atoms with Crippen LogP contribution in [0, 0.1) is 0 Å². The molecule has 1 saturated heterocycles. The minimum atomic E-state index is -3.89. The number of amides is 3. The third kappa shape index (κ3) is 7.17. The molecule has 3 amide bonds. The summed E-state index contributed by atoms with van der Waals surface area (Å²) in [6.07, 6.45) is 2.52. The van der Waals surface area contributed by atoms with Gasteiger partial charge in [-0.1, -0.05) is 47.5 Å². The highest BCUT2D eigenvalue weighted by atomic mass is 35.5. The van der Waals surface area contributed by atoms with E-state index in [0.29, 0.717) is 37.4 Å².